The number of unbranched alkanes of at least 4 members (excludes halogenated alkanes) is 2. The highest BCUT2D eigenvalue weighted by Gasteiger charge is 2.33. The van der Waals surface area contributed by atoms with E-state index in [1.807, 2.05) is 24.0 Å². The van der Waals surface area contributed by atoms with E-state index in [0.717, 1.165) is 24.8 Å². The summed E-state index contributed by atoms with van der Waals surface area (Å²) >= 11 is 6.21. The van der Waals surface area contributed by atoms with Gasteiger partial charge in [-0.3, -0.25) is 4.79 Å². The van der Waals surface area contributed by atoms with E-state index < -0.39 is 0 Å². The number of aromatic nitrogens is 1. The number of hydrogen-bond donors (Lipinski definition) is 0. The summed E-state index contributed by atoms with van der Waals surface area (Å²) in [6, 6.07) is 11.0. The third-order valence-corrected chi connectivity index (χ3v) is 5.91. The Kier molecular flexibility index (Phi) is 8.07. The van der Waals surface area contributed by atoms with Gasteiger partial charge in [0.1, 0.15) is 12.4 Å². The number of ether oxygens (including phenoxy) is 1. The van der Waals surface area contributed by atoms with Gasteiger partial charge in [0.25, 0.3) is 5.91 Å². The van der Waals surface area contributed by atoms with Gasteiger partial charge in [0.15, 0.2) is 0 Å². The molecule has 7 nitrogen and oxygen atoms in total. The first-order chi connectivity index (χ1) is 15.4. The Hall–Kier alpha value is -3.11. The maximum Gasteiger partial charge on any atom is 0.255 e. The van der Waals surface area contributed by atoms with Crippen LogP contribution >= 0.6 is 11.6 Å². The molecule has 32 heavy (non-hydrogen) atoms. The van der Waals surface area contributed by atoms with Gasteiger partial charge in [0.2, 0.25) is 5.88 Å². The first-order valence-corrected chi connectivity index (χ1v) is 11.1. The quantitative estimate of drug-likeness (QED) is 0.441. The standard InChI is InChI=1S/C24H27ClN4O3/c1-17-16-29(18(2)15-28(17)21-8-6-19(13-26)22(25)12-21)24(31)20-7-9-23(27-14-20)32-11-5-3-4-10-30/h6-10,12,14,17-18H,3-5,11,15-16H2,1-2H3/t17-,18+/m0/s1. The van der Waals surface area contributed by atoms with E-state index >= 15 is 0 Å². The topological polar surface area (TPSA) is 86.5 Å². The molecule has 2 heterocycles. The van der Waals surface area contributed by atoms with Crippen molar-refractivity contribution in [1.29, 1.82) is 5.26 Å². The summed E-state index contributed by atoms with van der Waals surface area (Å²) < 4.78 is 5.57. The summed E-state index contributed by atoms with van der Waals surface area (Å²) in [5, 5.41) is 9.52. The molecule has 0 saturated carbocycles. The Bertz CT molecular complexity index is 990. The number of carbonyl (C=O) groups excluding carboxylic acids is 2. The van der Waals surface area contributed by atoms with E-state index in [9.17, 15) is 9.59 Å². The lowest BCUT2D eigenvalue weighted by molar-refractivity contribution is -0.107. The van der Waals surface area contributed by atoms with Crippen LogP contribution in [0.25, 0.3) is 0 Å². The highest BCUT2D eigenvalue weighted by atomic mass is 35.5. The van der Waals surface area contributed by atoms with Crippen LogP contribution in [0.2, 0.25) is 5.02 Å². The molecular formula is C24H27ClN4O3. The molecule has 0 unspecified atom stereocenters. The molecule has 1 saturated heterocycles. The maximum atomic E-state index is 13.1. The molecule has 0 bridgehead atoms. The summed E-state index contributed by atoms with van der Waals surface area (Å²) in [6.07, 6.45) is 4.56. The Labute approximate surface area is 193 Å². The maximum absolute atomic E-state index is 13.1. The summed E-state index contributed by atoms with van der Waals surface area (Å²) in [6.45, 7) is 5.80. The van der Waals surface area contributed by atoms with Gasteiger partial charge in [-0.15, -0.1) is 0 Å². The van der Waals surface area contributed by atoms with E-state index in [4.69, 9.17) is 21.6 Å². The fraction of sp³-hybridized carbons (Fsp3) is 0.417. The zero-order valence-corrected chi connectivity index (χ0v) is 19.1. The van der Waals surface area contributed by atoms with E-state index in [1.54, 1.807) is 24.4 Å². The lowest BCUT2D eigenvalue weighted by Gasteiger charge is -2.45. The Morgan fingerprint density at radius 3 is 2.72 bits per heavy atom. The van der Waals surface area contributed by atoms with Gasteiger partial charge in [-0.2, -0.15) is 5.26 Å². The molecule has 0 N–H and O–H groups in total. The minimum atomic E-state index is -0.0631. The molecule has 2 atom stereocenters. The average Bonchev–Trinajstić information content (AvgIpc) is 2.80. The van der Waals surface area contributed by atoms with E-state index in [-0.39, 0.29) is 18.0 Å². The van der Waals surface area contributed by atoms with Crippen LogP contribution in [0.4, 0.5) is 5.69 Å². The monoisotopic (exact) mass is 454 g/mol. The fourth-order valence-corrected chi connectivity index (χ4v) is 4.02. The minimum Gasteiger partial charge on any atom is -0.478 e. The number of nitriles is 1. The number of benzene rings is 1. The van der Waals surface area contributed by atoms with E-state index in [0.29, 0.717) is 48.1 Å². The van der Waals surface area contributed by atoms with Crippen LogP contribution < -0.4 is 9.64 Å². The molecule has 2 aromatic rings. The van der Waals surface area contributed by atoms with Crippen molar-refractivity contribution >= 4 is 29.5 Å². The van der Waals surface area contributed by atoms with Crippen molar-refractivity contribution in [3.05, 3.63) is 52.7 Å². The Balaban J connectivity index is 1.62. The number of carbonyl (C=O) groups is 2. The third-order valence-electron chi connectivity index (χ3n) is 5.60. The molecular weight excluding hydrogens is 428 g/mol. The van der Waals surface area contributed by atoms with Crippen LogP contribution in [0.5, 0.6) is 5.88 Å². The number of aldehydes is 1. The molecule has 1 aromatic heterocycles. The Morgan fingerprint density at radius 2 is 2.06 bits per heavy atom. The lowest BCUT2D eigenvalue weighted by atomic mass is 10.0. The number of nitrogens with zero attached hydrogens (tertiary/aromatic N) is 4. The number of rotatable bonds is 8. The zero-order chi connectivity index (χ0) is 23.1. The summed E-state index contributed by atoms with van der Waals surface area (Å²) in [7, 11) is 0. The lowest BCUT2D eigenvalue weighted by Crippen LogP contribution is -2.58. The van der Waals surface area contributed by atoms with Gasteiger partial charge in [0, 0.05) is 49.5 Å². The predicted octanol–water partition coefficient (Wildman–Crippen LogP) is 4.09. The largest absolute Gasteiger partial charge is 0.478 e. The number of piperazine rings is 1. The van der Waals surface area contributed by atoms with Gasteiger partial charge in [-0.1, -0.05) is 11.6 Å². The number of pyridine rings is 1. The molecule has 0 spiro atoms. The molecule has 8 heteroatoms. The molecule has 0 radical (unpaired) electrons. The van der Waals surface area contributed by atoms with Crippen molar-refractivity contribution in [2.45, 2.75) is 45.2 Å². The van der Waals surface area contributed by atoms with Gasteiger partial charge in [-0.25, -0.2) is 4.98 Å². The van der Waals surface area contributed by atoms with Crippen molar-refractivity contribution in [1.82, 2.24) is 9.88 Å². The second kappa shape index (κ2) is 11.0. The second-order valence-electron chi connectivity index (χ2n) is 7.98. The fourth-order valence-electron chi connectivity index (χ4n) is 3.81. The molecule has 0 aliphatic carbocycles. The number of halogens is 1. The van der Waals surface area contributed by atoms with Crippen LogP contribution in [0.1, 0.15) is 49.0 Å². The van der Waals surface area contributed by atoms with Gasteiger partial charge >= 0.3 is 0 Å². The van der Waals surface area contributed by atoms with Crippen molar-refractivity contribution in [3.63, 3.8) is 0 Å². The molecule has 1 aromatic carbocycles. The SMILES string of the molecule is C[C@@H]1CN(c2ccc(C#N)c(Cl)c2)[C@@H](C)CN1C(=O)c1ccc(OCCCCC=O)nc1. The van der Waals surface area contributed by atoms with Crippen molar-refractivity contribution < 1.29 is 14.3 Å². The number of amides is 1. The van der Waals surface area contributed by atoms with Crippen LogP contribution in [-0.2, 0) is 4.79 Å². The normalized spacial score (nSPS) is 18.2. The smallest absolute Gasteiger partial charge is 0.255 e. The average molecular weight is 455 g/mol. The van der Waals surface area contributed by atoms with Gasteiger partial charge in [-0.05, 0) is 51.0 Å². The summed E-state index contributed by atoms with van der Waals surface area (Å²) in [4.78, 5) is 31.8. The summed E-state index contributed by atoms with van der Waals surface area (Å²) in [5.41, 5.74) is 1.91. The highest BCUT2D eigenvalue weighted by molar-refractivity contribution is 6.32. The molecule has 1 aliphatic heterocycles. The first kappa shape index (κ1) is 23.6. The third kappa shape index (κ3) is 5.57. The van der Waals surface area contributed by atoms with E-state index in [1.165, 1.54) is 0 Å². The van der Waals surface area contributed by atoms with Crippen molar-refractivity contribution in [2.24, 2.45) is 0 Å². The van der Waals surface area contributed by atoms with Crippen molar-refractivity contribution in [2.75, 3.05) is 24.6 Å². The minimum absolute atomic E-state index is 0.0122. The van der Waals surface area contributed by atoms with Crippen LogP contribution in [0, 0.1) is 11.3 Å². The molecule has 1 amide bonds. The van der Waals surface area contributed by atoms with Crippen LogP contribution in [-0.4, -0.2) is 53.9 Å². The second-order valence-corrected chi connectivity index (χ2v) is 8.39. The highest BCUT2D eigenvalue weighted by Crippen LogP contribution is 2.28. The first-order valence-electron chi connectivity index (χ1n) is 10.7. The molecule has 168 valence electrons. The van der Waals surface area contributed by atoms with Crippen LogP contribution in [0.15, 0.2) is 36.5 Å². The molecule has 1 aliphatic rings. The predicted molar refractivity (Wildman–Crippen MR) is 123 cm³/mol. The molecule has 3 rings (SSSR count). The zero-order valence-electron chi connectivity index (χ0n) is 18.3. The summed E-state index contributed by atoms with van der Waals surface area (Å²) in [5.74, 6) is 0.406. The van der Waals surface area contributed by atoms with Crippen LogP contribution in [0.3, 0.4) is 0 Å². The van der Waals surface area contributed by atoms with E-state index in [2.05, 4.69) is 22.9 Å². The number of hydrogen-bond acceptors (Lipinski definition) is 6. The molecule has 1 fully saturated rings. The number of anilines is 1. The Morgan fingerprint density at radius 1 is 1.25 bits per heavy atom. The van der Waals surface area contributed by atoms with Gasteiger partial charge < -0.3 is 19.3 Å². The van der Waals surface area contributed by atoms with Gasteiger partial charge in [0.05, 0.1) is 22.8 Å². The van der Waals surface area contributed by atoms with Crippen molar-refractivity contribution in [3.8, 4) is 11.9 Å².